The number of hydrogen-bond donors (Lipinski definition) is 4. The molecule has 0 radical (unpaired) electrons. The molecule has 0 spiro atoms. The molecule has 0 bridgehead atoms. The molecule has 1 aliphatic carbocycles. The van der Waals surface area contributed by atoms with Gasteiger partial charge in [0.1, 0.15) is 5.70 Å². The van der Waals surface area contributed by atoms with Gasteiger partial charge in [-0.3, -0.25) is 9.59 Å². The van der Waals surface area contributed by atoms with Crippen molar-refractivity contribution in [2.45, 2.75) is 39.0 Å². The third-order valence-corrected chi connectivity index (χ3v) is 8.00. The zero-order valence-electron chi connectivity index (χ0n) is 23.9. The lowest BCUT2D eigenvalue weighted by Crippen LogP contribution is -2.45. The number of aromatic amines is 1. The van der Waals surface area contributed by atoms with Crippen molar-refractivity contribution in [1.29, 1.82) is 0 Å². The van der Waals surface area contributed by atoms with Gasteiger partial charge in [0, 0.05) is 27.2 Å². The number of H-pyrrole nitrogens is 1. The number of carbonyl (C=O) groups is 2. The Morgan fingerprint density at radius 1 is 1.18 bits per heavy atom. The molecule has 9 nitrogen and oxygen atoms in total. The minimum Gasteiger partial charge on any atom is -0.383 e. The summed E-state index contributed by atoms with van der Waals surface area (Å²) in [5, 5.41) is 7.89. The van der Waals surface area contributed by atoms with Crippen LogP contribution in [0.15, 0.2) is 60.3 Å². The Bertz CT molecular complexity index is 1490. The number of amides is 2. The lowest BCUT2D eigenvalue weighted by atomic mass is 9.82. The molecule has 2 amide bonds. The maximum absolute atomic E-state index is 13.5. The fourth-order valence-electron chi connectivity index (χ4n) is 5.39. The van der Waals surface area contributed by atoms with E-state index in [0.29, 0.717) is 35.8 Å². The number of rotatable bonds is 10. The molecule has 1 aromatic heterocycles. The van der Waals surface area contributed by atoms with Crippen molar-refractivity contribution in [1.82, 2.24) is 31.0 Å². The second kappa shape index (κ2) is 10.9. The fourth-order valence-corrected chi connectivity index (χ4v) is 5.39. The van der Waals surface area contributed by atoms with E-state index in [1.807, 2.05) is 63.4 Å². The van der Waals surface area contributed by atoms with Gasteiger partial charge in [0.15, 0.2) is 5.82 Å². The van der Waals surface area contributed by atoms with Crippen LogP contribution < -0.4 is 16.1 Å². The average molecular weight is 543 g/mol. The molecule has 1 atom stereocenters. The van der Waals surface area contributed by atoms with E-state index in [2.05, 4.69) is 40.1 Å². The Labute approximate surface area is 235 Å². The summed E-state index contributed by atoms with van der Waals surface area (Å²) in [6.07, 6.45) is 3.91. The summed E-state index contributed by atoms with van der Waals surface area (Å²) in [7, 11) is 3.43. The van der Waals surface area contributed by atoms with Gasteiger partial charge in [0.25, 0.3) is 5.91 Å². The SMILES string of the molecule is CCNC(=O)C(C)(COC)c1ccc2[nH]c(/C(NC(=O)C3=CCNN3C)=C(/c3ccccc3)C3(C)CC3)nc2c1. The van der Waals surface area contributed by atoms with Crippen LogP contribution in [-0.4, -0.2) is 60.6 Å². The molecule has 1 saturated carbocycles. The number of benzene rings is 2. The molecule has 2 aromatic carbocycles. The first-order chi connectivity index (χ1) is 19.2. The van der Waals surface area contributed by atoms with E-state index in [1.165, 1.54) is 0 Å². The van der Waals surface area contributed by atoms with E-state index in [1.54, 1.807) is 12.1 Å². The van der Waals surface area contributed by atoms with Crippen molar-refractivity contribution >= 4 is 34.1 Å². The molecular formula is C31H38N6O3. The smallest absolute Gasteiger partial charge is 0.273 e. The number of ether oxygens (including phenoxy) is 1. The number of allylic oxidation sites excluding steroid dienone is 1. The molecule has 40 heavy (non-hydrogen) atoms. The van der Waals surface area contributed by atoms with Crippen molar-refractivity contribution in [3.8, 4) is 0 Å². The molecule has 2 heterocycles. The first-order valence-electron chi connectivity index (χ1n) is 13.8. The van der Waals surface area contributed by atoms with Gasteiger partial charge < -0.3 is 25.4 Å². The van der Waals surface area contributed by atoms with Crippen LogP contribution in [0.1, 0.15) is 50.6 Å². The van der Waals surface area contributed by atoms with Crippen LogP contribution in [-0.2, 0) is 19.7 Å². The molecular weight excluding hydrogens is 504 g/mol. The second-order valence-electron chi connectivity index (χ2n) is 11.1. The molecule has 4 N–H and O–H groups in total. The minimum atomic E-state index is -0.881. The maximum atomic E-state index is 13.5. The second-order valence-corrected chi connectivity index (χ2v) is 11.1. The first kappa shape index (κ1) is 27.6. The van der Waals surface area contributed by atoms with Gasteiger partial charge in [0.2, 0.25) is 5.91 Å². The van der Waals surface area contributed by atoms with Crippen LogP contribution in [0.25, 0.3) is 22.3 Å². The largest absolute Gasteiger partial charge is 0.383 e. The Morgan fingerprint density at radius 3 is 2.55 bits per heavy atom. The number of methoxy groups -OCH3 is 1. The lowest BCUT2D eigenvalue weighted by molar-refractivity contribution is -0.128. The quantitative estimate of drug-likeness (QED) is 0.311. The highest BCUT2D eigenvalue weighted by molar-refractivity contribution is 6.04. The third kappa shape index (κ3) is 5.14. The molecule has 2 aliphatic rings. The Hall–Kier alpha value is -3.95. The lowest BCUT2D eigenvalue weighted by Gasteiger charge is -2.28. The van der Waals surface area contributed by atoms with Gasteiger partial charge in [-0.2, -0.15) is 0 Å². The zero-order valence-corrected chi connectivity index (χ0v) is 23.9. The summed E-state index contributed by atoms with van der Waals surface area (Å²) in [5.41, 5.74) is 7.83. The highest BCUT2D eigenvalue weighted by Gasteiger charge is 2.44. The summed E-state index contributed by atoms with van der Waals surface area (Å²) in [6.45, 7) is 7.37. The average Bonchev–Trinajstić information content (AvgIpc) is 3.32. The molecule has 5 rings (SSSR count). The van der Waals surface area contributed by atoms with Crippen LogP contribution in [0.2, 0.25) is 0 Å². The van der Waals surface area contributed by atoms with Crippen molar-refractivity contribution in [2.75, 3.05) is 33.9 Å². The zero-order chi connectivity index (χ0) is 28.5. The predicted octanol–water partition coefficient (Wildman–Crippen LogP) is 3.72. The summed E-state index contributed by atoms with van der Waals surface area (Å²) in [6, 6.07) is 16.0. The number of likely N-dealkylation sites (N-methyl/N-ethyl adjacent to an activating group) is 2. The van der Waals surface area contributed by atoms with Crippen molar-refractivity contribution in [2.24, 2.45) is 5.41 Å². The molecule has 210 valence electrons. The monoisotopic (exact) mass is 542 g/mol. The van der Waals surface area contributed by atoms with Gasteiger partial charge in [-0.25, -0.2) is 10.4 Å². The normalized spacial score (nSPS) is 18.1. The number of fused-ring (bicyclic) bond motifs is 1. The Balaban J connectivity index is 1.65. The van der Waals surface area contributed by atoms with Crippen molar-refractivity contribution in [3.63, 3.8) is 0 Å². The van der Waals surface area contributed by atoms with E-state index in [4.69, 9.17) is 9.72 Å². The minimum absolute atomic E-state index is 0.0857. The van der Waals surface area contributed by atoms with Gasteiger partial charge in [0.05, 0.1) is 28.8 Å². The van der Waals surface area contributed by atoms with Gasteiger partial charge in [-0.15, -0.1) is 0 Å². The fraction of sp³-hybridized carbons (Fsp3) is 0.387. The first-order valence-corrected chi connectivity index (χ1v) is 13.8. The van der Waals surface area contributed by atoms with E-state index in [-0.39, 0.29) is 23.8 Å². The molecule has 3 aromatic rings. The number of aromatic nitrogens is 2. The molecule has 0 saturated heterocycles. The molecule has 1 fully saturated rings. The summed E-state index contributed by atoms with van der Waals surface area (Å²) in [5.74, 6) is 0.272. The van der Waals surface area contributed by atoms with Crippen LogP contribution in [0.5, 0.6) is 0 Å². The number of nitrogens with one attached hydrogen (secondary N) is 4. The number of nitrogens with zero attached hydrogens (tertiary/aromatic N) is 2. The number of imidazole rings is 1. The Morgan fingerprint density at radius 2 is 1.93 bits per heavy atom. The molecule has 9 heteroatoms. The molecule has 1 unspecified atom stereocenters. The standard InChI is InChI=1S/C31H38N6O3/c1-6-32-29(39)31(3,19-40-5)21-12-13-22-23(18-21)35-27(34-22)26(36-28(38)24-14-17-33-37(24)4)25(30(2)15-16-30)20-10-8-7-9-11-20/h7-14,18,33H,6,15-17,19H2,1-5H3,(H,32,39)(H,34,35)(H,36,38)/b26-25+. The summed E-state index contributed by atoms with van der Waals surface area (Å²) in [4.78, 5) is 35.0. The number of carbonyl (C=O) groups excluding carboxylic acids is 2. The van der Waals surface area contributed by atoms with E-state index < -0.39 is 5.41 Å². The van der Waals surface area contributed by atoms with Gasteiger partial charge in [-0.1, -0.05) is 43.3 Å². The van der Waals surface area contributed by atoms with Crippen LogP contribution >= 0.6 is 0 Å². The van der Waals surface area contributed by atoms with Gasteiger partial charge in [-0.05, 0) is 67.0 Å². The van der Waals surface area contributed by atoms with Gasteiger partial charge >= 0.3 is 0 Å². The maximum Gasteiger partial charge on any atom is 0.273 e. The Kier molecular flexibility index (Phi) is 7.53. The predicted molar refractivity (Wildman–Crippen MR) is 157 cm³/mol. The van der Waals surface area contributed by atoms with E-state index in [0.717, 1.165) is 35.1 Å². The van der Waals surface area contributed by atoms with E-state index >= 15 is 0 Å². The summed E-state index contributed by atoms with van der Waals surface area (Å²) < 4.78 is 5.45. The van der Waals surface area contributed by atoms with Crippen LogP contribution in [0.4, 0.5) is 0 Å². The van der Waals surface area contributed by atoms with Crippen molar-refractivity contribution in [3.05, 3.63) is 77.3 Å². The highest BCUT2D eigenvalue weighted by Crippen LogP contribution is 2.57. The van der Waals surface area contributed by atoms with E-state index in [9.17, 15) is 9.59 Å². The third-order valence-electron chi connectivity index (χ3n) is 8.00. The van der Waals surface area contributed by atoms with Crippen molar-refractivity contribution < 1.29 is 14.3 Å². The number of hydrogen-bond acceptors (Lipinski definition) is 6. The topological polar surface area (TPSA) is 111 Å². The van der Waals surface area contributed by atoms with Crippen LogP contribution in [0.3, 0.4) is 0 Å². The van der Waals surface area contributed by atoms with Crippen LogP contribution in [0, 0.1) is 5.41 Å². The highest BCUT2D eigenvalue weighted by atomic mass is 16.5. The molecule has 1 aliphatic heterocycles. The number of hydrazine groups is 1. The summed E-state index contributed by atoms with van der Waals surface area (Å²) >= 11 is 0.